The Kier molecular flexibility index (Phi) is 5.80. The van der Waals surface area contributed by atoms with Crippen LogP contribution in [-0.2, 0) is 28.1 Å². The van der Waals surface area contributed by atoms with Crippen LogP contribution in [0.25, 0.3) is 0 Å². The molecule has 0 radical (unpaired) electrons. The van der Waals surface area contributed by atoms with E-state index >= 15 is 0 Å². The van der Waals surface area contributed by atoms with Gasteiger partial charge in [-0.1, -0.05) is 42.8 Å². The zero-order valence-electron chi connectivity index (χ0n) is 19.8. The van der Waals surface area contributed by atoms with Crippen LogP contribution >= 0.6 is 0 Å². The Bertz CT molecular complexity index is 1110. The van der Waals surface area contributed by atoms with E-state index in [9.17, 15) is 14.4 Å². The zero-order valence-corrected chi connectivity index (χ0v) is 19.8. The van der Waals surface area contributed by atoms with Crippen LogP contribution in [0, 0.1) is 5.92 Å². The number of rotatable bonds is 7. The molecular formula is C27H31N3O4. The van der Waals surface area contributed by atoms with E-state index in [1.54, 1.807) is 7.11 Å². The lowest BCUT2D eigenvalue weighted by Gasteiger charge is -2.39. The van der Waals surface area contributed by atoms with Gasteiger partial charge in [-0.05, 0) is 67.3 Å². The fourth-order valence-electron chi connectivity index (χ4n) is 5.52. The van der Waals surface area contributed by atoms with Gasteiger partial charge in [0.05, 0.1) is 7.11 Å². The molecule has 1 aliphatic heterocycles. The molecule has 3 aliphatic rings. The summed E-state index contributed by atoms with van der Waals surface area (Å²) < 4.78 is 5.25. The van der Waals surface area contributed by atoms with E-state index in [0.717, 1.165) is 46.6 Å². The number of nitrogens with one attached hydrogen (secondary N) is 1. The third-order valence-corrected chi connectivity index (χ3v) is 7.87. The van der Waals surface area contributed by atoms with Gasteiger partial charge in [0.1, 0.15) is 17.8 Å². The third kappa shape index (κ3) is 3.73. The maximum absolute atomic E-state index is 13.6. The Morgan fingerprint density at radius 2 is 1.91 bits per heavy atom. The first-order valence-electron chi connectivity index (χ1n) is 12.1. The number of methoxy groups -OCH3 is 1. The molecule has 1 heterocycles. The molecule has 0 unspecified atom stereocenters. The molecule has 2 aliphatic carbocycles. The average Bonchev–Trinajstić information content (AvgIpc) is 3.29. The fraction of sp³-hybridized carbons (Fsp3) is 0.444. The van der Waals surface area contributed by atoms with E-state index in [1.807, 2.05) is 53.4 Å². The number of carbonyl (C=O) groups excluding carboxylic acids is 3. The minimum Gasteiger partial charge on any atom is -0.497 e. The number of amides is 4. The van der Waals surface area contributed by atoms with Crippen LogP contribution in [0.5, 0.6) is 5.75 Å². The van der Waals surface area contributed by atoms with Crippen molar-refractivity contribution in [3.63, 3.8) is 0 Å². The maximum atomic E-state index is 13.6. The van der Waals surface area contributed by atoms with Gasteiger partial charge in [0.2, 0.25) is 5.91 Å². The Labute approximate surface area is 200 Å². The number of aryl methyl sites for hydroxylation is 1. The number of ether oxygens (including phenoxy) is 1. The highest BCUT2D eigenvalue weighted by atomic mass is 16.5. The minimum atomic E-state index is -1.05. The highest BCUT2D eigenvalue weighted by molar-refractivity contribution is 6.09. The summed E-state index contributed by atoms with van der Waals surface area (Å²) >= 11 is 0. The van der Waals surface area contributed by atoms with Crippen molar-refractivity contribution in [3.8, 4) is 5.75 Å². The molecule has 5 rings (SSSR count). The average molecular weight is 462 g/mol. The zero-order chi connectivity index (χ0) is 23.9. The first-order chi connectivity index (χ1) is 16.4. The maximum Gasteiger partial charge on any atom is 0.325 e. The van der Waals surface area contributed by atoms with Gasteiger partial charge in [0.25, 0.3) is 5.91 Å². The lowest BCUT2D eigenvalue weighted by Crippen LogP contribution is -2.49. The van der Waals surface area contributed by atoms with Gasteiger partial charge in [-0.25, -0.2) is 4.79 Å². The third-order valence-electron chi connectivity index (χ3n) is 7.87. The summed E-state index contributed by atoms with van der Waals surface area (Å²) in [6, 6.07) is 14.9. The van der Waals surface area contributed by atoms with Crippen molar-refractivity contribution in [2.45, 2.75) is 57.2 Å². The van der Waals surface area contributed by atoms with Crippen molar-refractivity contribution in [1.82, 2.24) is 15.1 Å². The van der Waals surface area contributed by atoms with E-state index in [-0.39, 0.29) is 24.4 Å². The molecule has 0 aromatic heterocycles. The van der Waals surface area contributed by atoms with E-state index in [1.165, 1.54) is 6.42 Å². The van der Waals surface area contributed by atoms with Crippen LogP contribution in [0.3, 0.4) is 0 Å². The molecule has 1 saturated heterocycles. The summed E-state index contributed by atoms with van der Waals surface area (Å²) in [5.74, 6) is 0.673. The largest absolute Gasteiger partial charge is 0.497 e. The first kappa shape index (κ1) is 22.4. The number of urea groups is 1. The molecule has 7 nitrogen and oxygen atoms in total. The number of fused-ring (bicyclic) bond motifs is 2. The lowest BCUT2D eigenvalue weighted by atomic mass is 9.79. The van der Waals surface area contributed by atoms with Crippen molar-refractivity contribution >= 4 is 17.8 Å². The molecule has 1 saturated carbocycles. The van der Waals surface area contributed by atoms with Crippen LogP contribution in [-0.4, -0.2) is 47.3 Å². The number of carbonyl (C=O) groups is 3. The topological polar surface area (TPSA) is 79.0 Å². The van der Waals surface area contributed by atoms with E-state index in [0.29, 0.717) is 18.9 Å². The summed E-state index contributed by atoms with van der Waals surface area (Å²) in [7, 11) is 1.62. The van der Waals surface area contributed by atoms with E-state index in [2.05, 4.69) is 12.2 Å². The number of hydrogen-bond acceptors (Lipinski definition) is 4. The number of nitrogens with zero attached hydrogens (tertiary/aromatic N) is 2. The molecule has 2 fully saturated rings. The predicted octanol–water partition coefficient (Wildman–Crippen LogP) is 3.61. The number of benzene rings is 2. The smallest absolute Gasteiger partial charge is 0.325 e. The molecule has 7 heteroatoms. The monoisotopic (exact) mass is 461 g/mol. The molecule has 0 bridgehead atoms. The van der Waals surface area contributed by atoms with Gasteiger partial charge in [-0.3, -0.25) is 14.5 Å². The number of imide groups is 1. The minimum absolute atomic E-state index is 0.0327. The Hall–Kier alpha value is -3.35. The normalized spacial score (nSPS) is 22.4. The Balaban J connectivity index is 1.36. The molecule has 2 aromatic rings. The second kappa shape index (κ2) is 8.78. The molecule has 4 amide bonds. The first-order valence-corrected chi connectivity index (χ1v) is 12.1. The van der Waals surface area contributed by atoms with Crippen LogP contribution in [0.15, 0.2) is 48.5 Å². The van der Waals surface area contributed by atoms with Gasteiger partial charge in [-0.15, -0.1) is 0 Å². The summed E-state index contributed by atoms with van der Waals surface area (Å²) in [6.45, 7) is 2.26. The second-order valence-corrected chi connectivity index (χ2v) is 9.69. The highest BCUT2D eigenvalue weighted by Gasteiger charge is 2.55. The van der Waals surface area contributed by atoms with Crippen molar-refractivity contribution in [3.05, 3.63) is 65.2 Å². The molecule has 1 N–H and O–H groups in total. The summed E-state index contributed by atoms with van der Waals surface area (Å²) in [5, 5.41) is 2.92. The standard InChI is InChI=1S/C27H31N3O4/c1-18(20-7-5-8-20)29(16-19-10-12-22(34-2)13-11-19)24(31)17-30-25(32)27(28-26(30)33)15-14-21-6-3-4-9-23(21)27/h3-4,6,9-13,18,20H,5,7-8,14-17H2,1-2H3,(H,28,33)/t18-,27-/m0/s1. The lowest BCUT2D eigenvalue weighted by molar-refractivity contribution is -0.142. The summed E-state index contributed by atoms with van der Waals surface area (Å²) in [6.07, 6.45) is 4.61. The van der Waals surface area contributed by atoms with E-state index < -0.39 is 11.6 Å². The van der Waals surface area contributed by atoms with Crippen LogP contribution in [0.2, 0.25) is 0 Å². The second-order valence-electron chi connectivity index (χ2n) is 9.69. The van der Waals surface area contributed by atoms with Gasteiger partial charge >= 0.3 is 6.03 Å². The predicted molar refractivity (Wildman–Crippen MR) is 127 cm³/mol. The van der Waals surface area contributed by atoms with Crippen LogP contribution in [0.4, 0.5) is 4.79 Å². The number of hydrogen-bond donors (Lipinski definition) is 1. The summed E-state index contributed by atoms with van der Waals surface area (Å²) in [5.41, 5.74) is 1.86. The summed E-state index contributed by atoms with van der Waals surface area (Å²) in [4.78, 5) is 43.0. The molecule has 178 valence electrons. The van der Waals surface area contributed by atoms with Crippen molar-refractivity contribution in [1.29, 1.82) is 0 Å². The molecule has 2 aromatic carbocycles. The van der Waals surface area contributed by atoms with Crippen molar-refractivity contribution in [2.75, 3.05) is 13.7 Å². The Morgan fingerprint density at radius 3 is 2.59 bits per heavy atom. The van der Waals surface area contributed by atoms with Crippen LogP contribution in [0.1, 0.15) is 49.3 Å². The SMILES string of the molecule is COc1ccc(CN(C(=O)CN2C(=O)N[C@]3(CCc4ccccc43)C2=O)[C@@H](C)C2CCC2)cc1. The van der Waals surface area contributed by atoms with Crippen molar-refractivity contribution < 1.29 is 19.1 Å². The molecule has 1 spiro atoms. The fourth-order valence-corrected chi connectivity index (χ4v) is 5.52. The highest BCUT2D eigenvalue weighted by Crippen LogP contribution is 2.41. The quantitative estimate of drug-likeness (QED) is 0.639. The van der Waals surface area contributed by atoms with Gasteiger partial charge in [0.15, 0.2) is 0 Å². The van der Waals surface area contributed by atoms with E-state index in [4.69, 9.17) is 4.74 Å². The van der Waals surface area contributed by atoms with Gasteiger partial charge < -0.3 is 15.0 Å². The molecule has 34 heavy (non-hydrogen) atoms. The van der Waals surface area contributed by atoms with Crippen molar-refractivity contribution in [2.24, 2.45) is 5.92 Å². The van der Waals surface area contributed by atoms with Gasteiger partial charge in [-0.2, -0.15) is 0 Å². The van der Waals surface area contributed by atoms with Gasteiger partial charge in [0, 0.05) is 12.6 Å². The van der Waals surface area contributed by atoms with Crippen LogP contribution < -0.4 is 10.1 Å². The Morgan fingerprint density at radius 1 is 1.18 bits per heavy atom. The molecule has 2 atom stereocenters. The molecular weight excluding hydrogens is 430 g/mol.